The molecule has 2 rings (SSSR count). The van der Waals surface area contributed by atoms with Crippen LogP contribution >= 0.6 is 27.5 Å². The van der Waals surface area contributed by atoms with Gasteiger partial charge in [0, 0.05) is 16.1 Å². The van der Waals surface area contributed by atoms with E-state index >= 15 is 0 Å². The van der Waals surface area contributed by atoms with Gasteiger partial charge in [-0.15, -0.1) is 0 Å². The summed E-state index contributed by atoms with van der Waals surface area (Å²) < 4.78 is 6.21. The topological polar surface area (TPSA) is 25.2 Å². The van der Waals surface area contributed by atoms with Gasteiger partial charge in [-0.3, -0.25) is 0 Å². The second-order valence-corrected chi connectivity index (χ2v) is 5.08. The van der Waals surface area contributed by atoms with Crippen LogP contribution < -0.4 is 5.32 Å². The molecule has 0 aliphatic heterocycles. The standard InChI is InChI=1S/C13H13BrClNO/c1-16-12(11-6-7-17-13(11)15)8-9-2-4-10(14)5-3-9/h2-7,12,16H,8H2,1H3. The lowest BCUT2D eigenvalue weighted by molar-refractivity contribution is 0.544. The van der Waals surface area contributed by atoms with Crippen molar-refractivity contribution >= 4 is 27.5 Å². The van der Waals surface area contributed by atoms with Crippen LogP contribution in [0.4, 0.5) is 0 Å². The number of furan rings is 1. The summed E-state index contributed by atoms with van der Waals surface area (Å²) in [4.78, 5) is 0. The van der Waals surface area contributed by atoms with Gasteiger partial charge in [0.25, 0.3) is 0 Å². The molecule has 90 valence electrons. The Morgan fingerprint density at radius 2 is 2.00 bits per heavy atom. The van der Waals surface area contributed by atoms with E-state index in [1.165, 1.54) is 5.56 Å². The van der Waals surface area contributed by atoms with Crippen LogP contribution in [0.1, 0.15) is 17.2 Å². The maximum absolute atomic E-state index is 5.99. The summed E-state index contributed by atoms with van der Waals surface area (Å²) in [6.07, 6.45) is 2.49. The normalized spacial score (nSPS) is 12.6. The largest absolute Gasteiger partial charge is 0.453 e. The zero-order valence-corrected chi connectivity index (χ0v) is 11.8. The van der Waals surface area contributed by atoms with Crippen molar-refractivity contribution in [3.05, 3.63) is 57.4 Å². The van der Waals surface area contributed by atoms with Crippen molar-refractivity contribution in [2.75, 3.05) is 7.05 Å². The van der Waals surface area contributed by atoms with Gasteiger partial charge in [-0.1, -0.05) is 28.1 Å². The summed E-state index contributed by atoms with van der Waals surface area (Å²) in [5.74, 6) is 0. The third-order valence-electron chi connectivity index (χ3n) is 2.72. The molecular weight excluding hydrogens is 302 g/mol. The Balaban J connectivity index is 2.16. The van der Waals surface area contributed by atoms with E-state index in [0.717, 1.165) is 16.5 Å². The molecule has 0 aliphatic rings. The van der Waals surface area contributed by atoms with E-state index in [-0.39, 0.29) is 6.04 Å². The van der Waals surface area contributed by atoms with Crippen molar-refractivity contribution in [2.45, 2.75) is 12.5 Å². The lowest BCUT2D eigenvalue weighted by Crippen LogP contribution is -2.18. The number of nitrogens with one attached hydrogen (secondary N) is 1. The predicted octanol–water partition coefficient (Wildman–Crippen LogP) is 4.20. The average Bonchev–Trinajstić information content (AvgIpc) is 2.75. The van der Waals surface area contributed by atoms with Crippen LogP contribution in [0.15, 0.2) is 45.5 Å². The lowest BCUT2D eigenvalue weighted by Gasteiger charge is -2.15. The fraction of sp³-hybridized carbons (Fsp3) is 0.231. The highest BCUT2D eigenvalue weighted by Gasteiger charge is 2.15. The van der Waals surface area contributed by atoms with E-state index in [0.29, 0.717) is 5.22 Å². The molecule has 1 atom stereocenters. The highest BCUT2D eigenvalue weighted by molar-refractivity contribution is 9.10. The molecule has 0 fully saturated rings. The summed E-state index contributed by atoms with van der Waals surface area (Å²) in [5.41, 5.74) is 2.25. The second kappa shape index (κ2) is 5.71. The molecule has 1 N–H and O–H groups in total. The molecule has 1 heterocycles. The quantitative estimate of drug-likeness (QED) is 0.915. The van der Waals surface area contributed by atoms with E-state index < -0.39 is 0 Å². The smallest absolute Gasteiger partial charge is 0.197 e. The van der Waals surface area contributed by atoms with E-state index in [9.17, 15) is 0 Å². The maximum Gasteiger partial charge on any atom is 0.197 e. The zero-order chi connectivity index (χ0) is 12.3. The number of halogens is 2. The first-order valence-corrected chi connectivity index (χ1v) is 6.52. The summed E-state index contributed by atoms with van der Waals surface area (Å²) in [6.45, 7) is 0. The van der Waals surface area contributed by atoms with Crippen LogP contribution in [0.3, 0.4) is 0 Å². The van der Waals surface area contributed by atoms with Gasteiger partial charge in [-0.25, -0.2) is 0 Å². The number of likely N-dealkylation sites (N-methyl/N-ethyl adjacent to an activating group) is 1. The minimum Gasteiger partial charge on any atom is -0.453 e. The number of hydrogen-bond donors (Lipinski definition) is 1. The van der Waals surface area contributed by atoms with Gasteiger partial charge in [0.05, 0.1) is 6.26 Å². The third kappa shape index (κ3) is 3.12. The summed E-state index contributed by atoms with van der Waals surface area (Å²) in [7, 11) is 1.92. The fourth-order valence-electron chi connectivity index (χ4n) is 1.78. The molecular formula is C13H13BrClNO. The molecule has 2 nitrogen and oxygen atoms in total. The van der Waals surface area contributed by atoms with E-state index in [4.69, 9.17) is 16.0 Å². The van der Waals surface area contributed by atoms with Crippen LogP contribution in [-0.4, -0.2) is 7.05 Å². The molecule has 4 heteroatoms. The first-order chi connectivity index (χ1) is 8.20. The Morgan fingerprint density at radius 3 is 2.53 bits per heavy atom. The Kier molecular flexibility index (Phi) is 4.26. The SMILES string of the molecule is CNC(Cc1ccc(Br)cc1)c1ccoc1Cl. The molecule has 1 aromatic heterocycles. The van der Waals surface area contributed by atoms with E-state index in [1.807, 2.05) is 25.2 Å². The molecule has 0 saturated carbocycles. The van der Waals surface area contributed by atoms with Crippen molar-refractivity contribution in [3.63, 3.8) is 0 Å². The van der Waals surface area contributed by atoms with Gasteiger partial charge in [-0.05, 0) is 48.8 Å². The monoisotopic (exact) mass is 313 g/mol. The molecule has 1 unspecified atom stereocenters. The van der Waals surface area contributed by atoms with E-state index in [1.54, 1.807) is 6.26 Å². The lowest BCUT2D eigenvalue weighted by atomic mass is 10.0. The first-order valence-electron chi connectivity index (χ1n) is 5.35. The number of benzene rings is 1. The minimum absolute atomic E-state index is 0.169. The fourth-order valence-corrected chi connectivity index (χ4v) is 2.29. The number of rotatable bonds is 4. The van der Waals surface area contributed by atoms with Gasteiger partial charge < -0.3 is 9.73 Å². The van der Waals surface area contributed by atoms with Gasteiger partial charge in [0.1, 0.15) is 0 Å². The summed E-state index contributed by atoms with van der Waals surface area (Å²) in [5, 5.41) is 3.71. The molecule has 0 aliphatic carbocycles. The van der Waals surface area contributed by atoms with Crippen molar-refractivity contribution in [1.29, 1.82) is 0 Å². The van der Waals surface area contributed by atoms with Crippen molar-refractivity contribution in [3.8, 4) is 0 Å². The van der Waals surface area contributed by atoms with Crippen LogP contribution in [-0.2, 0) is 6.42 Å². The molecule has 0 radical (unpaired) electrons. The zero-order valence-electron chi connectivity index (χ0n) is 9.41. The average molecular weight is 315 g/mol. The van der Waals surface area contributed by atoms with Gasteiger partial charge in [0.15, 0.2) is 5.22 Å². The highest BCUT2D eigenvalue weighted by Crippen LogP contribution is 2.26. The Labute approximate surface area is 114 Å². The Hall–Kier alpha value is -0.770. The highest BCUT2D eigenvalue weighted by atomic mass is 79.9. The number of hydrogen-bond acceptors (Lipinski definition) is 2. The van der Waals surface area contributed by atoms with Crippen LogP contribution in [0, 0.1) is 0 Å². The van der Waals surface area contributed by atoms with Crippen LogP contribution in [0.2, 0.25) is 5.22 Å². The first kappa shape index (κ1) is 12.7. The minimum atomic E-state index is 0.169. The summed E-state index contributed by atoms with van der Waals surface area (Å²) in [6, 6.07) is 10.4. The van der Waals surface area contributed by atoms with E-state index in [2.05, 4.69) is 33.4 Å². The summed E-state index contributed by atoms with van der Waals surface area (Å²) >= 11 is 9.42. The predicted molar refractivity (Wildman–Crippen MR) is 73.4 cm³/mol. The maximum atomic E-state index is 5.99. The molecule has 0 amide bonds. The van der Waals surface area contributed by atoms with Gasteiger partial charge in [-0.2, -0.15) is 0 Å². The molecule has 0 saturated heterocycles. The third-order valence-corrected chi connectivity index (χ3v) is 3.56. The van der Waals surface area contributed by atoms with Crippen LogP contribution in [0.25, 0.3) is 0 Å². The van der Waals surface area contributed by atoms with Crippen LogP contribution in [0.5, 0.6) is 0 Å². The molecule has 1 aromatic carbocycles. The van der Waals surface area contributed by atoms with Gasteiger partial charge in [0.2, 0.25) is 0 Å². The Morgan fingerprint density at radius 1 is 1.29 bits per heavy atom. The van der Waals surface area contributed by atoms with Gasteiger partial charge >= 0.3 is 0 Å². The van der Waals surface area contributed by atoms with Crippen molar-refractivity contribution < 1.29 is 4.42 Å². The molecule has 0 bridgehead atoms. The molecule has 0 spiro atoms. The molecule has 2 aromatic rings. The molecule has 17 heavy (non-hydrogen) atoms. The second-order valence-electron chi connectivity index (χ2n) is 3.82. The van der Waals surface area contributed by atoms with Crippen molar-refractivity contribution in [1.82, 2.24) is 5.32 Å². The Bertz CT molecular complexity index is 480. The van der Waals surface area contributed by atoms with Crippen molar-refractivity contribution in [2.24, 2.45) is 0 Å².